The van der Waals surface area contributed by atoms with Gasteiger partial charge in [-0.2, -0.15) is 0 Å². The van der Waals surface area contributed by atoms with Crippen LogP contribution in [0.3, 0.4) is 0 Å². The molecular weight excluding hydrogens is 448 g/mol. The van der Waals surface area contributed by atoms with Gasteiger partial charge in [0.1, 0.15) is 5.56 Å². The summed E-state index contributed by atoms with van der Waals surface area (Å²) in [5, 5.41) is 6.96. The van der Waals surface area contributed by atoms with Crippen LogP contribution in [0.4, 0.5) is 0 Å². The smallest absolute Gasteiger partial charge is 0.257 e. The van der Waals surface area contributed by atoms with E-state index in [1.807, 2.05) is 44.3 Å². The van der Waals surface area contributed by atoms with E-state index >= 15 is 0 Å². The largest absolute Gasteiger partial charge is 0.454 e. The van der Waals surface area contributed by atoms with Crippen LogP contribution in [0.25, 0.3) is 21.8 Å². The molecule has 0 saturated carbocycles. The van der Waals surface area contributed by atoms with Crippen LogP contribution >= 0.6 is 0 Å². The maximum atomic E-state index is 13.1. The normalized spacial score (nSPS) is 13.2. The molecular formula is C26H26N4O5. The number of aromatic amines is 1. The van der Waals surface area contributed by atoms with Gasteiger partial charge in [-0.1, -0.05) is 18.2 Å². The number of benzene rings is 2. The van der Waals surface area contributed by atoms with Gasteiger partial charge in [0.15, 0.2) is 11.5 Å². The monoisotopic (exact) mass is 474 g/mol. The average Bonchev–Trinajstić information content (AvgIpc) is 3.48. The number of nitrogens with zero attached hydrogens (tertiary/aromatic N) is 1. The molecule has 0 aliphatic carbocycles. The van der Waals surface area contributed by atoms with Crippen molar-refractivity contribution in [2.45, 2.75) is 32.9 Å². The van der Waals surface area contributed by atoms with E-state index < -0.39 is 11.3 Å². The predicted octanol–water partition coefficient (Wildman–Crippen LogP) is 2.71. The number of nitrogens with one attached hydrogen (secondary N) is 3. The van der Waals surface area contributed by atoms with Crippen LogP contribution in [0, 0.1) is 0 Å². The molecule has 9 nitrogen and oxygen atoms in total. The van der Waals surface area contributed by atoms with Crippen LogP contribution in [0.2, 0.25) is 0 Å². The number of aryl methyl sites for hydroxylation is 1. The SMILES string of the molecule is CCn1cc(C(=O)NCC(=O)N[C@@H](C)Cc2c[nH]c3ccccc23)c(=O)c2cc3c(cc21)OCO3. The number of aromatic nitrogens is 2. The topological polar surface area (TPSA) is 114 Å². The standard InChI is InChI=1S/C26H26N4O5/c1-3-30-13-19(25(32)18-9-22-23(10-21(18)30)35-14-34-22)26(33)28-12-24(31)29-15(2)8-16-11-27-20-7-5-4-6-17(16)20/h4-7,9-11,13,15,27H,3,8,12,14H2,1-2H3,(H,28,33)(H,29,31)/t15-/m0/s1. The summed E-state index contributed by atoms with van der Waals surface area (Å²) in [6, 6.07) is 11.2. The van der Waals surface area contributed by atoms with Crippen molar-refractivity contribution in [2.24, 2.45) is 0 Å². The van der Waals surface area contributed by atoms with E-state index in [1.54, 1.807) is 16.7 Å². The second kappa shape index (κ2) is 9.17. The van der Waals surface area contributed by atoms with Crippen molar-refractivity contribution < 1.29 is 19.1 Å². The van der Waals surface area contributed by atoms with Gasteiger partial charge in [-0.05, 0) is 38.0 Å². The van der Waals surface area contributed by atoms with Crippen molar-refractivity contribution >= 4 is 33.6 Å². The first-order valence-corrected chi connectivity index (χ1v) is 11.5. The van der Waals surface area contributed by atoms with Crippen LogP contribution in [-0.4, -0.2) is 40.7 Å². The Morgan fingerprint density at radius 1 is 1.14 bits per heavy atom. The Labute approximate surface area is 201 Å². The summed E-state index contributed by atoms with van der Waals surface area (Å²) < 4.78 is 12.6. The van der Waals surface area contributed by atoms with Crippen molar-refractivity contribution in [3.63, 3.8) is 0 Å². The number of amides is 2. The predicted molar refractivity (Wildman–Crippen MR) is 132 cm³/mol. The number of carbonyl (C=O) groups is 2. The molecule has 0 spiro atoms. The lowest BCUT2D eigenvalue weighted by atomic mass is 10.1. The fourth-order valence-corrected chi connectivity index (χ4v) is 4.47. The summed E-state index contributed by atoms with van der Waals surface area (Å²) in [6.45, 7) is 4.23. The zero-order valence-corrected chi connectivity index (χ0v) is 19.5. The van der Waals surface area contributed by atoms with Gasteiger partial charge in [-0.15, -0.1) is 0 Å². The Morgan fingerprint density at radius 2 is 1.91 bits per heavy atom. The number of rotatable bonds is 7. The number of ether oxygens (including phenoxy) is 2. The van der Waals surface area contributed by atoms with Gasteiger partial charge in [-0.25, -0.2) is 0 Å². The van der Waals surface area contributed by atoms with Crippen molar-refractivity contribution in [1.82, 2.24) is 20.2 Å². The highest BCUT2D eigenvalue weighted by Gasteiger charge is 2.21. The number of pyridine rings is 1. The van der Waals surface area contributed by atoms with Gasteiger partial charge >= 0.3 is 0 Å². The summed E-state index contributed by atoms with van der Waals surface area (Å²) >= 11 is 0. The summed E-state index contributed by atoms with van der Waals surface area (Å²) in [7, 11) is 0. The van der Waals surface area contributed by atoms with Crippen LogP contribution < -0.4 is 25.5 Å². The molecule has 1 aliphatic rings. The number of hydrogen-bond donors (Lipinski definition) is 3. The van der Waals surface area contributed by atoms with Gasteiger partial charge in [-0.3, -0.25) is 14.4 Å². The zero-order chi connectivity index (χ0) is 24.5. The molecule has 0 unspecified atom stereocenters. The highest BCUT2D eigenvalue weighted by molar-refractivity contribution is 5.99. The molecule has 3 N–H and O–H groups in total. The molecule has 2 aromatic heterocycles. The van der Waals surface area contributed by atoms with Gasteiger partial charge in [0.05, 0.1) is 17.4 Å². The maximum Gasteiger partial charge on any atom is 0.257 e. The van der Waals surface area contributed by atoms with Gasteiger partial charge < -0.3 is 29.7 Å². The van der Waals surface area contributed by atoms with Gasteiger partial charge in [0, 0.05) is 41.9 Å². The van der Waals surface area contributed by atoms with Gasteiger partial charge in [0.2, 0.25) is 18.1 Å². The summed E-state index contributed by atoms with van der Waals surface area (Å²) in [5.74, 6) is 0.106. The Morgan fingerprint density at radius 3 is 2.71 bits per heavy atom. The minimum Gasteiger partial charge on any atom is -0.454 e. The second-order valence-corrected chi connectivity index (χ2v) is 8.60. The third-order valence-electron chi connectivity index (χ3n) is 6.18. The lowest BCUT2D eigenvalue weighted by Crippen LogP contribution is -2.42. The summed E-state index contributed by atoms with van der Waals surface area (Å²) in [4.78, 5) is 41.6. The van der Waals surface area contributed by atoms with Crippen molar-refractivity contribution in [1.29, 1.82) is 0 Å². The van der Waals surface area contributed by atoms with E-state index in [0.717, 1.165) is 16.5 Å². The zero-order valence-electron chi connectivity index (χ0n) is 19.5. The van der Waals surface area contributed by atoms with Crippen LogP contribution in [-0.2, 0) is 17.8 Å². The lowest BCUT2D eigenvalue weighted by molar-refractivity contribution is -0.120. The maximum absolute atomic E-state index is 13.1. The fourth-order valence-electron chi connectivity index (χ4n) is 4.47. The van der Waals surface area contributed by atoms with Crippen LogP contribution in [0.5, 0.6) is 11.5 Å². The molecule has 2 amide bonds. The Bertz CT molecular complexity index is 1500. The van der Waals surface area contributed by atoms with E-state index in [-0.39, 0.29) is 30.9 Å². The Hall–Kier alpha value is -4.27. The fraction of sp³-hybridized carbons (Fsp3) is 0.269. The molecule has 2 aromatic carbocycles. The molecule has 1 aliphatic heterocycles. The third kappa shape index (κ3) is 4.32. The van der Waals surface area contributed by atoms with E-state index in [2.05, 4.69) is 15.6 Å². The molecule has 0 saturated heterocycles. The van der Waals surface area contributed by atoms with E-state index in [4.69, 9.17) is 9.47 Å². The molecule has 0 radical (unpaired) electrons. The second-order valence-electron chi connectivity index (χ2n) is 8.60. The quantitative estimate of drug-likeness (QED) is 0.381. The molecule has 4 aromatic rings. The van der Waals surface area contributed by atoms with Crippen LogP contribution in [0.15, 0.2) is 53.6 Å². The van der Waals surface area contributed by atoms with Crippen molar-refractivity contribution in [2.75, 3.05) is 13.3 Å². The van der Waals surface area contributed by atoms with Gasteiger partial charge in [0.25, 0.3) is 5.91 Å². The van der Waals surface area contributed by atoms with E-state index in [1.165, 1.54) is 6.20 Å². The Kier molecular flexibility index (Phi) is 5.90. The van der Waals surface area contributed by atoms with Crippen LogP contribution in [0.1, 0.15) is 29.8 Å². The molecule has 5 rings (SSSR count). The van der Waals surface area contributed by atoms with Crippen molar-refractivity contribution in [3.8, 4) is 11.5 Å². The first kappa shape index (κ1) is 22.5. The van der Waals surface area contributed by atoms with E-state index in [0.29, 0.717) is 35.4 Å². The number of hydrogen-bond acceptors (Lipinski definition) is 5. The first-order chi connectivity index (χ1) is 16.9. The Balaban J connectivity index is 1.26. The first-order valence-electron chi connectivity index (χ1n) is 11.5. The molecule has 180 valence electrons. The highest BCUT2D eigenvalue weighted by Crippen LogP contribution is 2.35. The highest BCUT2D eigenvalue weighted by atomic mass is 16.7. The number of H-pyrrole nitrogens is 1. The molecule has 0 bridgehead atoms. The van der Waals surface area contributed by atoms with E-state index in [9.17, 15) is 14.4 Å². The number of para-hydroxylation sites is 1. The molecule has 9 heteroatoms. The molecule has 0 fully saturated rings. The average molecular weight is 475 g/mol. The molecule has 35 heavy (non-hydrogen) atoms. The molecule has 1 atom stereocenters. The van der Waals surface area contributed by atoms with Crippen molar-refractivity contribution in [3.05, 3.63) is 70.1 Å². The lowest BCUT2D eigenvalue weighted by Gasteiger charge is -2.15. The summed E-state index contributed by atoms with van der Waals surface area (Å²) in [5.41, 5.74) is 2.36. The minimum atomic E-state index is -0.601. The third-order valence-corrected chi connectivity index (χ3v) is 6.18. The number of fused-ring (bicyclic) bond motifs is 3. The number of carbonyl (C=O) groups excluding carboxylic acids is 2. The molecule has 3 heterocycles. The summed E-state index contributed by atoms with van der Waals surface area (Å²) in [6.07, 6.45) is 4.10. The minimum absolute atomic E-state index is 0.0298.